The fourth-order valence-corrected chi connectivity index (χ4v) is 1.97. The van der Waals surface area contributed by atoms with Crippen LogP contribution in [0.25, 0.3) is 11.3 Å². The van der Waals surface area contributed by atoms with Gasteiger partial charge in [0.2, 0.25) is 0 Å². The van der Waals surface area contributed by atoms with Crippen molar-refractivity contribution in [3.8, 4) is 11.3 Å². The smallest absolute Gasteiger partial charge is 0.382 e. The lowest BCUT2D eigenvalue weighted by atomic mass is 10.0. The Kier molecular flexibility index (Phi) is 3.50. The molecule has 0 radical (unpaired) electrons. The minimum Gasteiger partial charge on any atom is -0.382 e. The molecular weight excluding hydrogens is 255 g/mol. The summed E-state index contributed by atoms with van der Waals surface area (Å²) in [6.45, 7) is 1.97. The summed E-state index contributed by atoms with van der Waals surface area (Å²) in [6, 6.07) is 5.14. The summed E-state index contributed by atoms with van der Waals surface area (Å²) in [7, 11) is 0. The Balaban J connectivity index is 2.48. The van der Waals surface area contributed by atoms with Gasteiger partial charge >= 0.3 is 6.18 Å². The summed E-state index contributed by atoms with van der Waals surface area (Å²) >= 11 is 0. The maximum Gasteiger partial charge on any atom is 0.416 e. The summed E-state index contributed by atoms with van der Waals surface area (Å²) in [5.74, 6) is 0.342. The summed E-state index contributed by atoms with van der Waals surface area (Å²) in [4.78, 5) is 0. The highest BCUT2D eigenvalue weighted by Crippen LogP contribution is 2.33. The number of nitrogen functional groups attached to an aromatic ring is 1. The van der Waals surface area contributed by atoms with E-state index in [0.717, 1.165) is 24.1 Å². The van der Waals surface area contributed by atoms with Gasteiger partial charge in [0.05, 0.1) is 11.3 Å². The largest absolute Gasteiger partial charge is 0.416 e. The van der Waals surface area contributed by atoms with Gasteiger partial charge in [-0.2, -0.15) is 18.3 Å². The SMILES string of the molecule is CCCc1c(N)n[nH]c1-c1cccc(C(F)(F)F)c1. The first kappa shape index (κ1) is 13.5. The monoisotopic (exact) mass is 269 g/mol. The third-order valence-electron chi connectivity index (χ3n) is 2.88. The molecule has 0 amide bonds. The minimum absolute atomic E-state index is 0.342. The molecular formula is C13H14F3N3. The number of H-pyrrole nitrogens is 1. The van der Waals surface area contributed by atoms with Crippen molar-refractivity contribution in [2.45, 2.75) is 25.9 Å². The molecule has 0 spiro atoms. The van der Waals surface area contributed by atoms with Crippen LogP contribution in [0, 0.1) is 0 Å². The summed E-state index contributed by atoms with van der Waals surface area (Å²) < 4.78 is 38.1. The lowest BCUT2D eigenvalue weighted by Gasteiger charge is -2.09. The predicted octanol–water partition coefficient (Wildman–Crippen LogP) is 3.63. The second-order valence-electron chi connectivity index (χ2n) is 4.29. The third-order valence-corrected chi connectivity index (χ3v) is 2.88. The quantitative estimate of drug-likeness (QED) is 0.894. The fraction of sp³-hybridized carbons (Fsp3) is 0.308. The number of aromatic amines is 1. The van der Waals surface area contributed by atoms with Crippen molar-refractivity contribution in [2.24, 2.45) is 0 Å². The summed E-state index contributed by atoms with van der Waals surface area (Å²) in [5.41, 5.74) is 6.82. The second-order valence-corrected chi connectivity index (χ2v) is 4.29. The normalized spacial score (nSPS) is 11.8. The molecule has 0 fully saturated rings. The van der Waals surface area contributed by atoms with Gasteiger partial charge in [0, 0.05) is 11.1 Å². The lowest BCUT2D eigenvalue weighted by Crippen LogP contribution is -2.04. The molecule has 6 heteroatoms. The second kappa shape index (κ2) is 4.95. The molecule has 0 aliphatic rings. The van der Waals surface area contributed by atoms with E-state index in [1.165, 1.54) is 6.07 Å². The molecule has 3 N–H and O–H groups in total. The standard InChI is InChI=1S/C13H14F3N3/c1-2-4-10-11(18-19-12(10)17)8-5-3-6-9(7-8)13(14,15)16/h3,5-7H,2,4H2,1H3,(H3,17,18,19). The van der Waals surface area contributed by atoms with Gasteiger partial charge < -0.3 is 5.73 Å². The Morgan fingerprint density at radius 3 is 2.68 bits per heavy atom. The highest BCUT2D eigenvalue weighted by atomic mass is 19.4. The Bertz CT molecular complexity index is 573. The van der Waals surface area contributed by atoms with Gasteiger partial charge in [-0.3, -0.25) is 5.10 Å². The van der Waals surface area contributed by atoms with Crippen molar-refractivity contribution in [2.75, 3.05) is 5.73 Å². The van der Waals surface area contributed by atoms with Gasteiger partial charge in [-0.15, -0.1) is 0 Å². The van der Waals surface area contributed by atoms with Crippen LogP contribution in [0.4, 0.5) is 19.0 Å². The van der Waals surface area contributed by atoms with Crippen LogP contribution in [-0.4, -0.2) is 10.2 Å². The first-order valence-corrected chi connectivity index (χ1v) is 5.93. The molecule has 19 heavy (non-hydrogen) atoms. The molecule has 0 aliphatic heterocycles. The zero-order valence-corrected chi connectivity index (χ0v) is 10.4. The number of hydrogen-bond donors (Lipinski definition) is 2. The minimum atomic E-state index is -4.35. The molecule has 2 rings (SSSR count). The van der Waals surface area contributed by atoms with Crippen molar-refractivity contribution in [1.82, 2.24) is 10.2 Å². The van der Waals surface area contributed by atoms with Gasteiger partial charge in [0.15, 0.2) is 0 Å². The highest BCUT2D eigenvalue weighted by Gasteiger charge is 2.30. The number of anilines is 1. The molecule has 0 aliphatic carbocycles. The van der Waals surface area contributed by atoms with E-state index in [1.54, 1.807) is 6.07 Å². The maximum atomic E-state index is 12.7. The van der Waals surface area contributed by atoms with Crippen molar-refractivity contribution in [1.29, 1.82) is 0 Å². The molecule has 1 heterocycles. The molecule has 0 bridgehead atoms. The van der Waals surface area contributed by atoms with Crippen LogP contribution in [0.2, 0.25) is 0 Å². The Labute approximate surface area is 108 Å². The number of halogens is 3. The van der Waals surface area contributed by atoms with E-state index in [1.807, 2.05) is 6.92 Å². The average Bonchev–Trinajstić information content (AvgIpc) is 2.71. The zero-order chi connectivity index (χ0) is 14.0. The van der Waals surface area contributed by atoms with E-state index < -0.39 is 11.7 Å². The van der Waals surface area contributed by atoms with E-state index in [-0.39, 0.29) is 0 Å². The lowest BCUT2D eigenvalue weighted by molar-refractivity contribution is -0.137. The van der Waals surface area contributed by atoms with Crippen LogP contribution in [0.3, 0.4) is 0 Å². The van der Waals surface area contributed by atoms with E-state index in [9.17, 15) is 13.2 Å². The van der Waals surface area contributed by atoms with Gasteiger partial charge in [0.1, 0.15) is 5.82 Å². The molecule has 0 unspecified atom stereocenters. The number of hydrogen-bond acceptors (Lipinski definition) is 2. The number of nitrogens with one attached hydrogen (secondary N) is 1. The van der Waals surface area contributed by atoms with Crippen molar-refractivity contribution in [3.05, 3.63) is 35.4 Å². The molecule has 0 atom stereocenters. The number of benzene rings is 1. The van der Waals surface area contributed by atoms with Crippen LogP contribution in [0.5, 0.6) is 0 Å². The van der Waals surface area contributed by atoms with Crippen LogP contribution >= 0.6 is 0 Å². The topological polar surface area (TPSA) is 54.7 Å². The van der Waals surface area contributed by atoms with E-state index in [0.29, 0.717) is 23.5 Å². The van der Waals surface area contributed by atoms with Crippen molar-refractivity contribution >= 4 is 5.82 Å². The third kappa shape index (κ3) is 2.72. The number of nitrogens with zero attached hydrogens (tertiary/aromatic N) is 1. The van der Waals surface area contributed by atoms with Crippen LogP contribution < -0.4 is 5.73 Å². The molecule has 0 saturated carbocycles. The molecule has 1 aromatic heterocycles. The van der Waals surface area contributed by atoms with Gasteiger partial charge in [-0.25, -0.2) is 0 Å². The Morgan fingerprint density at radius 1 is 1.32 bits per heavy atom. The molecule has 2 aromatic rings. The average molecular weight is 269 g/mol. The first-order valence-electron chi connectivity index (χ1n) is 5.93. The van der Waals surface area contributed by atoms with Gasteiger partial charge in [0.25, 0.3) is 0 Å². The Hall–Kier alpha value is -1.98. The number of alkyl halides is 3. The van der Waals surface area contributed by atoms with Crippen LogP contribution in [0.15, 0.2) is 24.3 Å². The van der Waals surface area contributed by atoms with E-state index in [2.05, 4.69) is 10.2 Å². The molecule has 0 saturated heterocycles. The van der Waals surface area contributed by atoms with E-state index >= 15 is 0 Å². The molecule has 1 aromatic carbocycles. The number of rotatable bonds is 3. The molecule has 3 nitrogen and oxygen atoms in total. The first-order chi connectivity index (χ1) is 8.93. The van der Waals surface area contributed by atoms with Crippen molar-refractivity contribution < 1.29 is 13.2 Å². The Morgan fingerprint density at radius 2 is 2.05 bits per heavy atom. The molecule has 102 valence electrons. The van der Waals surface area contributed by atoms with Crippen molar-refractivity contribution in [3.63, 3.8) is 0 Å². The predicted molar refractivity (Wildman–Crippen MR) is 67.4 cm³/mol. The zero-order valence-electron chi connectivity index (χ0n) is 10.4. The van der Waals surface area contributed by atoms with Crippen LogP contribution in [-0.2, 0) is 12.6 Å². The summed E-state index contributed by atoms with van der Waals surface area (Å²) in [6.07, 6.45) is -2.84. The van der Waals surface area contributed by atoms with Crippen LogP contribution in [0.1, 0.15) is 24.5 Å². The maximum absolute atomic E-state index is 12.7. The van der Waals surface area contributed by atoms with Gasteiger partial charge in [-0.05, 0) is 18.6 Å². The number of nitrogens with two attached hydrogens (primary N) is 1. The van der Waals surface area contributed by atoms with Gasteiger partial charge in [-0.1, -0.05) is 25.5 Å². The summed E-state index contributed by atoms with van der Waals surface area (Å²) in [5, 5.41) is 6.59. The fourth-order valence-electron chi connectivity index (χ4n) is 1.97. The van der Waals surface area contributed by atoms with E-state index in [4.69, 9.17) is 5.73 Å². The highest BCUT2D eigenvalue weighted by molar-refractivity contribution is 5.68. The number of aromatic nitrogens is 2.